The van der Waals surface area contributed by atoms with Crippen molar-refractivity contribution < 1.29 is 9.28 Å². The minimum Gasteiger partial charge on any atom is -0.331 e. The Labute approximate surface area is 69.2 Å². The summed E-state index contributed by atoms with van der Waals surface area (Å²) in [5, 5.41) is -0.139. The Hall–Kier alpha value is -0.0200. The smallest absolute Gasteiger partial charge is 0.182 e. The van der Waals surface area contributed by atoms with Crippen molar-refractivity contribution in [3.8, 4) is 0 Å². The number of hydrogen-bond donors (Lipinski definition) is 1. The number of nitrogens with zero attached hydrogens (tertiary/aromatic N) is 1. The van der Waals surface area contributed by atoms with Crippen LogP contribution in [0.3, 0.4) is 0 Å². The second kappa shape index (κ2) is 5.74. The second-order valence-electron chi connectivity index (χ2n) is 3.13. The number of thiol groups is 1. The monoisotopic (exact) mass is 164 g/mol. The normalized spacial score (nSPS) is 9.80. The third-order valence-electron chi connectivity index (χ3n) is 0.949. The second-order valence-corrected chi connectivity index (χ2v) is 3.76. The van der Waals surface area contributed by atoms with Gasteiger partial charge in [-0.3, -0.25) is 4.79 Å². The van der Waals surface area contributed by atoms with Gasteiger partial charge in [-0.25, -0.2) is 0 Å². The number of hydrogen-bond acceptors (Lipinski definition) is 1. The first-order valence-electron chi connectivity index (χ1n) is 3.29. The lowest BCUT2D eigenvalue weighted by atomic mass is 10.6. The summed E-state index contributed by atoms with van der Waals surface area (Å²) >= 11 is 3.33. The Bertz CT molecular complexity index is 92.3. The van der Waals surface area contributed by atoms with Gasteiger partial charge in [0, 0.05) is 6.92 Å². The van der Waals surface area contributed by atoms with Crippen LogP contribution in [0.2, 0.25) is 0 Å². The van der Waals surface area contributed by atoms with Gasteiger partial charge in [-0.1, -0.05) is 0 Å². The van der Waals surface area contributed by atoms with Crippen molar-refractivity contribution in [3.63, 3.8) is 0 Å². The van der Waals surface area contributed by atoms with Gasteiger partial charge in [0.1, 0.15) is 0 Å². The van der Waals surface area contributed by atoms with E-state index in [2.05, 4.69) is 40.7 Å². The van der Waals surface area contributed by atoms with Gasteiger partial charge in [0.15, 0.2) is 5.12 Å². The average Bonchev–Trinajstić information content (AvgIpc) is 1.63. The van der Waals surface area contributed by atoms with Gasteiger partial charge >= 0.3 is 0 Å². The molecule has 0 atom stereocenters. The van der Waals surface area contributed by atoms with Crippen LogP contribution in [0.5, 0.6) is 0 Å². The first-order valence-corrected chi connectivity index (χ1v) is 3.74. The molecule has 0 aromatic rings. The number of quaternary nitrogens is 1. The van der Waals surface area contributed by atoms with Gasteiger partial charge in [-0.05, 0) is 6.92 Å². The zero-order valence-electron chi connectivity index (χ0n) is 7.51. The van der Waals surface area contributed by atoms with E-state index in [1.807, 2.05) is 0 Å². The van der Waals surface area contributed by atoms with Gasteiger partial charge in [0.2, 0.25) is 0 Å². The molecule has 0 rings (SSSR count). The number of rotatable bonds is 1. The summed E-state index contributed by atoms with van der Waals surface area (Å²) < 4.78 is 1.07. The Morgan fingerprint density at radius 2 is 1.50 bits per heavy atom. The minimum absolute atomic E-state index is 0.139. The highest BCUT2D eigenvalue weighted by molar-refractivity contribution is 7.96. The summed E-state index contributed by atoms with van der Waals surface area (Å²) in [4.78, 5) is 9.31. The summed E-state index contributed by atoms with van der Waals surface area (Å²) in [7, 11) is 6.54. The zero-order valence-corrected chi connectivity index (χ0v) is 8.40. The van der Waals surface area contributed by atoms with Crippen molar-refractivity contribution in [2.45, 2.75) is 13.8 Å². The van der Waals surface area contributed by atoms with E-state index in [4.69, 9.17) is 0 Å². The van der Waals surface area contributed by atoms with Crippen LogP contribution >= 0.6 is 12.6 Å². The first kappa shape index (κ1) is 12.6. The lowest BCUT2D eigenvalue weighted by Gasteiger charge is -2.20. The van der Waals surface area contributed by atoms with Gasteiger partial charge in [-0.15, -0.1) is 12.6 Å². The van der Waals surface area contributed by atoms with E-state index in [0.29, 0.717) is 0 Å². The van der Waals surface area contributed by atoms with Crippen molar-refractivity contribution in [2.24, 2.45) is 0 Å². The van der Waals surface area contributed by atoms with Crippen molar-refractivity contribution in [1.29, 1.82) is 0 Å². The van der Waals surface area contributed by atoms with E-state index in [1.165, 1.54) is 13.5 Å². The number of carbonyl (C=O) groups is 1. The van der Waals surface area contributed by atoms with Gasteiger partial charge in [-0.2, -0.15) is 0 Å². The number of carbonyl (C=O) groups excluding carboxylic acids is 1. The maximum Gasteiger partial charge on any atom is 0.182 e. The predicted molar refractivity (Wildman–Crippen MR) is 48.2 cm³/mol. The Balaban J connectivity index is 0. The highest BCUT2D eigenvalue weighted by Gasteiger charge is 1.97. The molecule has 0 amide bonds. The lowest BCUT2D eigenvalue weighted by molar-refractivity contribution is -0.868. The van der Waals surface area contributed by atoms with E-state index < -0.39 is 0 Å². The van der Waals surface area contributed by atoms with Gasteiger partial charge in [0.25, 0.3) is 0 Å². The van der Waals surface area contributed by atoms with Crippen LogP contribution in [0.1, 0.15) is 13.8 Å². The fourth-order valence-electron chi connectivity index (χ4n) is 0. The van der Waals surface area contributed by atoms with Crippen LogP contribution < -0.4 is 0 Å². The largest absolute Gasteiger partial charge is 0.331 e. The van der Waals surface area contributed by atoms with E-state index in [-0.39, 0.29) is 5.12 Å². The molecule has 0 radical (unpaired) electrons. The summed E-state index contributed by atoms with van der Waals surface area (Å²) in [5.41, 5.74) is 0. The van der Waals surface area contributed by atoms with Crippen molar-refractivity contribution in [1.82, 2.24) is 0 Å². The van der Waals surface area contributed by atoms with Crippen molar-refractivity contribution >= 4 is 17.7 Å². The average molecular weight is 164 g/mol. The highest BCUT2D eigenvalue weighted by atomic mass is 32.1. The maximum absolute atomic E-state index is 9.31. The summed E-state index contributed by atoms with van der Waals surface area (Å²) in [5.74, 6) is 0. The van der Waals surface area contributed by atoms with E-state index in [1.54, 1.807) is 0 Å². The fraction of sp³-hybridized carbons (Fsp3) is 0.857. The molecule has 0 spiro atoms. The molecule has 10 heavy (non-hydrogen) atoms. The first-order chi connectivity index (χ1) is 4.29. The van der Waals surface area contributed by atoms with Crippen molar-refractivity contribution in [3.05, 3.63) is 0 Å². The maximum atomic E-state index is 9.31. The quantitative estimate of drug-likeness (QED) is 0.455. The molecule has 0 heterocycles. The minimum atomic E-state index is -0.139. The molecule has 3 heteroatoms. The van der Waals surface area contributed by atoms with E-state index in [9.17, 15) is 4.79 Å². The molecule has 0 aliphatic heterocycles. The van der Waals surface area contributed by atoms with Crippen LogP contribution in [0.4, 0.5) is 0 Å². The molecule has 62 valence electrons. The van der Waals surface area contributed by atoms with Crippen LogP contribution in [0.25, 0.3) is 0 Å². The molecule has 0 saturated heterocycles. The molecule has 0 aromatic heterocycles. The third kappa shape index (κ3) is 43.8. The molecule has 0 aliphatic rings. The van der Waals surface area contributed by atoms with Gasteiger partial charge < -0.3 is 4.48 Å². The molecule has 0 bridgehead atoms. The van der Waals surface area contributed by atoms with E-state index >= 15 is 0 Å². The molecular weight excluding hydrogens is 146 g/mol. The molecule has 0 N–H and O–H groups in total. The molecular formula is C7H18NOS+. The summed E-state index contributed by atoms with van der Waals surface area (Å²) in [6.07, 6.45) is 0. The van der Waals surface area contributed by atoms with Crippen LogP contribution in [0, 0.1) is 0 Å². The van der Waals surface area contributed by atoms with Crippen molar-refractivity contribution in [2.75, 3.05) is 27.7 Å². The summed E-state index contributed by atoms with van der Waals surface area (Å²) in [6, 6.07) is 0. The third-order valence-corrected chi connectivity index (χ3v) is 0.949. The van der Waals surface area contributed by atoms with Crippen LogP contribution in [0.15, 0.2) is 0 Å². The Morgan fingerprint density at radius 1 is 1.40 bits per heavy atom. The molecule has 0 saturated carbocycles. The van der Waals surface area contributed by atoms with Crippen LogP contribution in [-0.4, -0.2) is 37.3 Å². The standard InChI is InChI=1S/C5H14N.C2H4OS/c1-5-6(2,3)4;1-2(3)4/h5H2,1-4H3;1H3,(H,3,4)/q+1;. The van der Waals surface area contributed by atoms with E-state index in [0.717, 1.165) is 4.48 Å². The molecule has 0 unspecified atom stereocenters. The van der Waals surface area contributed by atoms with Gasteiger partial charge in [0.05, 0.1) is 27.7 Å². The fourth-order valence-corrected chi connectivity index (χ4v) is 0. The topological polar surface area (TPSA) is 17.1 Å². The summed E-state index contributed by atoms with van der Waals surface area (Å²) in [6.45, 7) is 4.78. The predicted octanol–water partition coefficient (Wildman–Crippen LogP) is 1.18. The Morgan fingerprint density at radius 3 is 1.50 bits per heavy atom. The molecule has 0 aromatic carbocycles. The highest BCUT2D eigenvalue weighted by Crippen LogP contribution is 1.83. The molecule has 0 aliphatic carbocycles. The molecule has 0 fully saturated rings. The zero-order chi connectivity index (χ0) is 8.78. The SMILES string of the molecule is CC(=O)S.CC[N+](C)(C)C. The van der Waals surface area contributed by atoms with Crippen LogP contribution in [-0.2, 0) is 4.79 Å². The lowest BCUT2D eigenvalue weighted by Crippen LogP contribution is -2.33. The molecule has 2 nitrogen and oxygen atoms in total. The Kier molecular flexibility index (Phi) is 7.26.